The number of hydrogen-bond donors (Lipinski definition) is 1. The molecule has 0 spiro atoms. The van der Waals surface area contributed by atoms with Crippen molar-refractivity contribution in [3.8, 4) is 11.3 Å². The van der Waals surface area contributed by atoms with E-state index in [4.69, 9.17) is 9.52 Å². The number of furan rings is 1. The molecular weight excluding hydrogens is 226 g/mol. The molecule has 3 rings (SSSR count). The Morgan fingerprint density at radius 1 is 1.56 bits per heavy atom. The summed E-state index contributed by atoms with van der Waals surface area (Å²) in [5.41, 5.74) is 1.75. The highest BCUT2D eigenvalue weighted by molar-refractivity contribution is 7.12. The van der Waals surface area contributed by atoms with Crippen LogP contribution in [0.15, 0.2) is 10.5 Å². The molecule has 0 atom stereocenters. The first-order valence-electron chi connectivity index (χ1n) is 4.98. The highest BCUT2D eigenvalue weighted by atomic mass is 32.1. The summed E-state index contributed by atoms with van der Waals surface area (Å²) in [6, 6.07) is 1.58. The van der Waals surface area contributed by atoms with Crippen molar-refractivity contribution in [3.05, 3.63) is 27.5 Å². The second-order valence-corrected chi connectivity index (χ2v) is 5.05. The topological polar surface area (TPSA) is 63.3 Å². The lowest BCUT2D eigenvalue weighted by Crippen LogP contribution is -1.98. The molecule has 0 aliphatic heterocycles. The summed E-state index contributed by atoms with van der Waals surface area (Å²) in [5.74, 6) is -0.276. The molecule has 0 amide bonds. The minimum absolute atomic E-state index is 0.00324. The zero-order valence-corrected chi connectivity index (χ0v) is 9.43. The van der Waals surface area contributed by atoms with E-state index in [0.29, 0.717) is 0 Å². The van der Waals surface area contributed by atoms with E-state index in [1.807, 2.05) is 6.92 Å². The molecule has 1 aliphatic carbocycles. The van der Waals surface area contributed by atoms with Crippen LogP contribution in [-0.4, -0.2) is 16.1 Å². The predicted octanol–water partition coefficient (Wildman–Crippen LogP) is 2.51. The number of aromatic nitrogens is 1. The first-order chi connectivity index (χ1) is 7.65. The Morgan fingerprint density at radius 3 is 3.12 bits per heavy atom. The molecule has 1 N–H and O–H groups in total. The van der Waals surface area contributed by atoms with Gasteiger partial charge in [-0.25, -0.2) is 9.78 Å². The van der Waals surface area contributed by atoms with E-state index < -0.39 is 5.97 Å². The Labute approximate surface area is 95.6 Å². The van der Waals surface area contributed by atoms with Gasteiger partial charge >= 0.3 is 5.97 Å². The molecular formula is C11H9NO3S. The maximum absolute atomic E-state index is 10.8. The zero-order valence-electron chi connectivity index (χ0n) is 8.61. The van der Waals surface area contributed by atoms with Crippen LogP contribution in [0.3, 0.4) is 0 Å². The van der Waals surface area contributed by atoms with E-state index in [-0.39, 0.29) is 5.76 Å². The number of aryl methyl sites for hydroxylation is 3. The second-order valence-electron chi connectivity index (χ2n) is 3.76. The number of thiazole rings is 1. The second kappa shape index (κ2) is 3.18. The lowest BCUT2D eigenvalue weighted by Gasteiger charge is -2.07. The van der Waals surface area contributed by atoms with Crippen LogP contribution in [0.4, 0.5) is 0 Å². The van der Waals surface area contributed by atoms with Gasteiger partial charge in [0.05, 0.1) is 10.7 Å². The summed E-state index contributed by atoms with van der Waals surface area (Å²) in [6.45, 7) is 1.96. The van der Waals surface area contributed by atoms with Gasteiger partial charge < -0.3 is 9.52 Å². The van der Waals surface area contributed by atoms with Crippen molar-refractivity contribution in [1.82, 2.24) is 4.98 Å². The molecule has 1 aliphatic rings. The molecule has 2 heterocycles. The van der Waals surface area contributed by atoms with Gasteiger partial charge in [0.25, 0.3) is 0 Å². The van der Waals surface area contributed by atoms with Gasteiger partial charge in [-0.05, 0) is 13.3 Å². The van der Waals surface area contributed by atoms with E-state index >= 15 is 0 Å². The smallest absolute Gasteiger partial charge is 0.371 e. The third kappa shape index (κ3) is 1.28. The van der Waals surface area contributed by atoms with E-state index in [1.54, 1.807) is 17.4 Å². The summed E-state index contributed by atoms with van der Waals surface area (Å²) in [5, 5.41) is 9.89. The molecule has 2 aromatic rings. The number of aromatic carboxylic acids is 1. The fourth-order valence-corrected chi connectivity index (χ4v) is 2.95. The van der Waals surface area contributed by atoms with Crippen molar-refractivity contribution in [2.45, 2.75) is 19.8 Å². The van der Waals surface area contributed by atoms with Crippen LogP contribution < -0.4 is 0 Å². The zero-order chi connectivity index (χ0) is 11.3. The van der Waals surface area contributed by atoms with Crippen molar-refractivity contribution in [3.63, 3.8) is 0 Å². The number of carboxylic acid groups (broad SMARTS) is 1. The Kier molecular flexibility index (Phi) is 1.91. The average Bonchev–Trinajstić information content (AvgIpc) is 2.77. The lowest BCUT2D eigenvalue weighted by atomic mass is 10.0. The third-order valence-electron chi connectivity index (χ3n) is 2.66. The number of carboxylic acids is 1. The minimum Gasteiger partial charge on any atom is -0.475 e. The normalized spacial score (nSPS) is 13.3. The lowest BCUT2D eigenvalue weighted by molar-refractivity contribution is 0.0660. The molecule has 0 fully saturated rings. The third-order valence-corrected chi connectivity index (χ3v) is 3.69. The molecule has 0 saturated heterocycles. The van der Waals surface area contributed by atoms with E-state index in [2.05, 4.69) is 4.98 Å². The molecule has 2 aromatic heterocycles. The van der Waals surface area contributed by atoms with Crippen LogP contribution in [-0.2, 0) is 12.8 Å². The maximum Gasteiger partial charge on any atom is 0.371 e. The van der Waals surface area contributed by atoms with Gasteiger partial charge in [-0.15, -0.1) is 11.3 Å². The highest BCUT2D eigenvalue weighted by Crippen LogP contribution is 2.37. The SMILES string of the molecule is Cc1nc2c(s1)CCc1oc(C(=O)O)cc1-2. The van der Waals surface area contributed by atoms with Gasteiger partial charge in [0.2, 0.25) is 5.76 Å². The van der Waals surface area contributed by atoms with Gasteiger partial charge in [0, 0.05) is 22.9 Å². The van der Waals surface area contributed by atoms with Gasteiger partial charge in [0.1, 0.15) is 5.76 Å². The van der Waals surface area contributed by atoms with Crippen LogP contribution in [0.1, 0.15) is 26.2 Å². The number of hydrogen-bond acceptors (Lipinski definition) is 4. The largest absolute Gasteiger partial charge is 0.475 e. The minimum atomic E-state index is -1.03. The number of fused-ring (bicyclic) bond motifs is 3. The number of nitrogens with zero attached hydrogens (tertiary/aromatic N) is 1. The maximum atomic E-state index is 10.8. The highest BCUT2D eigenvalue weighted by Gasteiger charge is 2.25. The fraction of sp³-hybridized carbons (Fsp3) is 0.273. The van der Waals surface area contributed by atoms with Gasteiger partial charge in [-0.3, -0.25) is 0 Å². The summed E-state index contributed by atoms with van der Waals surface area (Å²) in [6.07, 6.45) is 1.65. The summed E-state index contributed by atoms with van der Waals surface area (Å²) in [7, 11) is 0. The molecule has 0 radical (unpaired) electrons. The molecule has 5 heteroatoms. The Hall–Kier alpha value is -1.62. The Morgan fingerprint density at radius 2 is 2.38 bits per heavy atom. The van der Waals surface area contributed by atoms with Crippen molar-refractivity contribution in [2.24, 2.45) is 0 Å². The van der Waals surface area contributed by atoms with Crippen LogP contribution in [0.5, 0.6) is 0 Å². The summed E-state index contributed by atoms with van der Waals surface area (Å²) in [4.78, 5) is 16.5. The van der Waals surface area contributed by atoms with Gasteiger partial charge in [-0.1, -0.05) is 0 Å². The molecule has 0 aromatic carbocycles. The van der Waals surface area contributed by atoms with Crippen molar-refractivity contribution in [2.75, 3.05) is 0 Å². The molecule has 0 unspecified atom stereocenters. The average molecular weight is 235 g/mol. The fourth-order valence-electron chi connectivity index (χ4n) is 2.00. The van der Waals surface area contributed by atoms with Crippen molar-refractivity contribution < 1.29 is 14.3 Å². The quantitative estimate of drug-likeness (QED) is 0.824. The summed E-state index contributed by atoms with van der Waals surface area (Å²) >= 11 is 1.67. The van der Waals surface area contributed by atoms with E-state index in [1.165, 1.54) is 4.88 Å². The molecule has 16 heavy (non-hydrogen) atoms. The summed E-state index contributed by atoms with van der Waals surface area (Å²) < 4.78 is 5.30. The monoisotopic (exact) mass is 235 g/mol. The molecule has 4 nitrogen and oxygen atoms in total. The van der Waals surface area contributed by atoms with Crippen molar-refractivity contribution >= 4 is 17.3 Å². The Bertz CT molecular complexity index is 582. The molecule has 82 valence electrons. The Balaban J connectivity index is 2.19. The number of rotatable bonds is 1. The van der Waals surface area contributed by atoms with E-state index in [0.717, 1.165) is 34.9 Å². The van der Waals surface area contributed by atoms with Crippen LogP contribution in [0, 0.1) is 6.92 Å². The molecule has 0 bridgehead atoms. The van der Waals surface area contributed by atoms with Crippen LogP contribution in [0.25, 0.3) is 11.3 Å². The van der Waals surface area contributed by atoms with Crippen LogP contribution >= 0.6 is 11.3 Å². The number of carbonyl (C=O) groups is 1. The standard InChI is InChI=1S/C11H9NO3S/c1-5-12-10-6-4-8(11(13)14)15-7(6)2-3-9(10)16-5/h4H,2-3H2,1H3,(H,13,14). The molecule has 0 saturated carbocycles. The first kappa shape index (κ1) is 9.59. The van der Waals surface area contributed by atoms with Gasteiger partial charge in [-0.2, -0.15) is 0 Å². The van der Waals surface area contributed by atoms with Crippen LogP contribution in [0.2, 0.25) is 0 Å². The van der Waals surface area contributed by atoms with E-state index in [9.17, 15) is 4.79 Å². The van der Waals surface area contributed by atoms with Crippen molar-refractivity contribution in [1.29, 1.82) is 0 Å². The van der Waals surface area contributed by atoms with Gasteiger partial charge in [0.15, 0.2) is 0 Å². The first-order valence-corrected chi connectivity index (χ1v) is 5.79. The predicted molar refractivity (Wildman–Crippen MR) is 58.9 cm³/mol.